The Kier molecular flexibility index (Phi) is 18.6. The number of aromatic nitrogens is 1. The number of nitrogens with zero attached hydrogens (tertiary/aromatic N) is 1. The van der Waals surface area contributed by atoms with Gasteiger partial charge < -0.3 is 31.9 Å². The van der Waals surface area contributed by atoms with E-state index in [0.29, 0.717) is 18.8 Å². The summed E-state index contributed by atoms with van der Waals surface area (Å²) >= 11 is 0. The first kappa shape index (κ1) is 41.6. The van der Waals surface area contributed by atoms with Gasteiger partial charge in [0.05, 0.1) is 6.04 Å². The summed E-state index contributed by atoms with van der Waals surface area (Å²) in [5.41, 5.74) is 8.54. The zero-order valence-corrected chi connectivity index (χ0v) is 25.5. The molecule has 258 valence electrons. The van der Waals surface area contributed by atoms with Crippen LogP contribution in [0.15, 0.2) is 42.5 Å². The Hall–Kier alpha value is -4.41. The molecular weight excluding hydrogens is 628 g/mol. The highest BCUT2D eigenvalue weighted by Gasteiger charge is 2.38. The van der Waals surface area contributed by atoms with E-state index in [1.807, 2.05) is 31.2 Å². The number of nitrogens with one attached hydrogen (secondary N) is 3. The fourth-order valence-corrected chi connectivity index (χ4v) is 3.44. The van der Waals surface area contributed by atoms with E-state index in [1.165, 1.54) is 5.56 Å². The third-order valence-corrected chi connectivity index (χ3v) is 5.96. The van der Waals surface area contributed by atoms with Crippen LogP contribution in [0.5, 0.6) is 0 Å². The molecule has 2 amide bonds. The predicted octanol–water partition coefficient (Wildman–Crippen LogP) is 4.14. The smallest absolute Gasteiger partial charge is 0.475 e. The van der Waals surface area contributed by atoms with Gasteiger partial charge in [-0.15, -0.1) is 0 Å². The highest BCUT2D eigenvalue weighted by molar-refractivity contribution is 5.89. The van der Waals surface area contributed by atoms with E-state index in [4.69, 9.17) is 25.5 Å². The van der Waals surface area contributed by atoms with Gasteiger partial charge in [-0.1, -0.05) is 56.2 Å². The molecule has 0 fully saturated rings. The van der Waals surface area contributed by atoms with E-state index < -0.39 is 30.3 Å². The number of carboxylic acids is 2. The first-order chi connectivity index (χ1) is 21.3. The molecule has 1 aromatic heterocycles. The third kappa shape index (κ3) is 18.4. The molecule has 0 spiro atoms. The van der Waals surface area contributed by atoms with E-state index >= 15 is 0 Å². The summed E-state index contributed by atoms with van der Waals surface area (Å²) in [5.74, 6) is -5.45. The van der Waals surface area contributed by atoms with Gasteiger partial charge in [0.1, 0.15) is 11.9 Å². The zero-order valence-electron chi connectivity index (χ0n) is 25.5. The Morgan fingerprint density at radius 3 is 1.91 bits per heavy atom. The second-order valence-electron chi connectivity index (χ2n) is 9.77. The van der Waals surface area contributed by atoms with Crippen LogP contribution in [0.25, 0.3) is 0 Å². The van der Waals surface area contributed by atoms with Crippen LogP contribution in [-0.2, 0) is 32.1 Å². The molecule has 2 aromatic rings. The number of hydrogen-bond donors (Lipinski definition) is 6. The molecule has 11 nitrogen and oxygen atoms in total. The molecular formula is C29H39F6N5O6. The molecule has 0 unspecified atom stereocenters. The molecule has 0 saturated carbocycles. The van der Waals surface area contributed by atoms with Crippen molar-refractivity contribution in [1.82, 2.24) is 20.9 Å². The van der Waals surface area contributed by atoms with Crippen LogP contribution in [0.3, 0.4) is 0 Å². The number of pyridine rings is 1. The molecule has 1 aromatic carbocycles. The van der Waals surface area contributed by atoms with Crippen LogP contribution in [0, 0.1) is 6.92 Å². The molecule has 1 heterocycles. The minimum Gasteiger partial charge on any atom is -0.475 e. The van der Waals surface area contributed by atoms with Gasteiger partial charge in [0.2, 0.25) is 11.8 Å². The van der Waals surface area contributed by atoms with E-state index in [2.05, 4.69) is 40.0 Å². The maximum atomic E-state index is 12.9. The third-order valence-electron chi connectivity index (χ3n) is 5.96. The number of alkyl halides is 6. The number of amides is 2. The number of nitrogens with two attached hydrogens (primary N) is 1. The second kappa shape index (κ2) is 20.6. The van der Waals surface area contributed by atoms with Crippen molar-refractivity contribution in [1.29, 1.82) is 0 Å². The van der Waals surface area contributed by atoms with Crippen molar-refractivity contribution in [3.05, 3.63) is 59.3 Å². The molecule has 17 heteroatoms. The summed E-state index contributed by atoms with van der Waals surface area (Å²) in [7, 11) is 0. The van der Waals surface area contributed by atoms with Gasteiger partial charge >= 0.3 is 24.3 Å². The topological polar surface area (TPSA) is 184 Å². The number of halogens is 6. The Balaban J connectivity index is 0.00000120. The quantitative estimate of drug-likeness (QED) is 0.135. The monoisotopic (exact) mass is 667 g/mol. The fourth-order valence-electron chi connectivity index (χ4n) is 3.44. The van der Waals surface area contributed by atoms with Crippen LogP contribution in [0.4, 0.5) is 32.2 Å². The Bertz CT molecular complexity index is 1220. The van der Waals surface area contributed by atoms with E-state index in [1.54, 1.807) is 13.0 Å². The van der Waals surface area contributed by atoms with Gasteiger partial charge in [-0.05, 0) is 56.8 Å². The molecule has 2 rings (SSSR count). The van der Waals surface area contributed by atoms with E-state index in [-0.39, 0.29) is 17.9 Å². The van der Waals surface area contributed by atoms with Gasteiger partial charge in [-0.25, -0.2) is 14.6 Å². The fraction of sp³-hybridized carbons (Fsp3) is 0.483. The van der Waals surface area contributed by atoms with Gasteiger partial charge in [-0.3, -0.25) is 9.59 Å². The standard InChI is InChI=1S/C25H37N5O2.2C2HF3O2/c1-4-5-9-16-27-22(14-12-20-10-7-6-8-11-20)25(32)30-19(3)24(31)28-17-21-13-15-23(26)29-18(21)2;2*3-2(4,5)1(6)7/h6-8,10-11,13,15,19,22,27H,4-5,9,12,14,16-17H2,1-3H3,(H2,26,29)(H,28,31)(H,30,32);2*(H,6,7)/t19-,22+;;/m0../s1. The molecule has 0 aliphatic rings. The molecule has 0 saturated heterocycles. The van der Waals surface area contributed by atoms with Crippen molar-refractivity contribution < 1.29 is 55.7 Å². The first-order valence-corrected chi connectivity index (χ1v) is 14.0. The van der Waals surface area contributed by atoms with Gasteiger partial charge in [0, 0.05) is 12.2 Å². The van der Waals surface area contributed by atoms with Crippen LogP contribution >= 0.6 is 0 Å². The largest absolute Gasteiger partial charge is 0.490 e. The Labute approximate surface area is 262 Å². The van der Waals surface area contributed by atoms with Crippen LogP contribution in [0.2, 0.25) is 0 Å². The lowest BCUT2D eigenvalue weighted by molar-refractivity contribution is -0.193. The van der Waals surface area contributed by atoms with Crippen molar-refractivity contribution in [3.8, 4) is 0 Å². The molecule has 2 atom stereocenters. The van der Waals surface area contributed by atoms with Gasteiger partial charge in [0.15, 0.2) is 0 Å². The summed E-state index contributed by atoms with van der Waals surface area (Å²) in [6.07, 6.45) is -5.42. The number of anilines is 1. The van der Waals surface area contributed by atoms with Crippen LogP contribution in [-0.4, -0.2) is 69.9 Å². The van der Waals surface area contributed by atoms with E-state index in [0.717, 1.165) is 43.5 Å². The first-order valence-electron chi connectivity index (χ1n) is 14.0. The predicted molar refractivity (Wildman–Crippen MR) is 156 cm³/mol. The summed E-state index contributed by atoms with van der Waals surface area (Å²) in [6.45, 7) is 6.83. The van der Waals surface area contributed by atoms with Crippen LogP contribution in [0.1, 0.15) is 56.4 Å². The highest BCUT2D eigenvalue weighted by Crippen LogP contribution is 2.14. The number of rotatable bonds is 13. The maximum absolute atomic E-state index is 12.9. The molecule has 0 aliphatic heterocycles. The average molecular weight is 668 g/mol. The van der Waals surface area contributed by atoms with Crippen molar-refractivity contribution in [2.24, 2.45) is 0 Å². The number of carbonyl (C=O) groups excluding carboxylic acids is 2. The summed E-state index contributed by atoms with van der Waals surface area (Å²) < 4.78 is 63.5. The normalized spacial score (nSPS) is 12.3. The Morgan fingerprint density at radius 1 is 0.891 bits per heavy atom. The van der Waals surface area contributed by atoms with Crippen molar-refractivity contribution in [2.75, 3.05) is 12.3 Å². The second-order valence-corrected chi connectivity index (χ2v) is 9.77. The van der Waals surface area contributed by atoms with E-state index in [9.17, 15) is 35.9 Å². The zero-order chi connectivity index (χ0) is 35.5. The SMILES string of the molecule is CCCCCN[C@H](CCc1ccccc1)C(=O)N[C@@H](C)C(=O)NCc1ccc(N)nc1C.O=C(O)C(F)(F)F.O=C(O)C(F)(F)F. The lowest BCUT2D eigenvalue weighted by atomic mass is 10.0. The minimum atomic E-state index is -5.08. The summed E-state index contributed by atoms with van der Waals surface area (Å²) in [6, 6.07) is 12.7. The Morgan fingerprint density at radius 2 is 1.43 bits per heavy atom. The number of carbonyl (C=O) groups is 4. The van der Waals surface area contributed by atoms with Gasteiger partial charge in [-0.2, -0.15) is 26.3 Å². The highest BCUT2D eigenvalue weighted by atomic mass is 19.4. The lowest BCUT2D eigenvalue weighted by Gasteiger charge is -2.21. The molecule has 0 aliphatic carbocycles. The number of unbranched alkanes of at least 4 members (excludes halogenated alkanes) is 2. The average Bonchev–Trinajstić information content (AvgIpc) is 2.96. The molecule has 0 radical (unpaired) electrons. The molecule has 0 bridgehead atoms. The van der Waals surface area contributed by atoms with Gasteiger partial charge in [0.25, 0.3) is 0 Å². The summed E-state index contributed by atoms with van der Waals surface area (Å²) in [4.78, 5) is 47.5. The maximum Gasteiger partial charge on any atom is 0.490 e. The summed E-state index contributed by atoms with van der Waals surface area (Å²) in [5, 5.41) is 23.4. The van der Waals surface area contributed by atoms with Crippen molar-refractivity contribution in [2.45, 2.75) is 83.9 Å². The number of hydrogen-bond acceptors (Lipinski definition) is 7. The number of aliphatic carboxylic acids is 2. The molecule has 46 heavy (non-hydrogen) atoms. The number of aryl methyl sites for hydroxylation is 2. The molecule has 7 N–H and O–H groups in total. The van der Waals surface area contributed by atoms with Crippen molar-refractivity contribution >= 4 is 29.6 Å². The number of nitrogen functional groups attached to an aromatic ring is 1. The number of carboxylic acid groups (broad SMARTS) is 2. The van der Waals surface area contributed by atoms with Crippen LogP contribution < -0.4 is 21.7 Å². The lowest BCUT2D eigenvalue weighted by Crippen LogP contribution is -2.51. The minimum absolute atomic E-state index is 0.148. The number of benzene rings is 1. The van der Waals surface area contributed by atoms with Crippen molar-refractivity contribution in [3.63, 3.8) is 0 Å².